The van der Waals surface area contributed by atoms with Gasteiger partial charge >= 0.3 is 0 Å². The molecule has 0 saturated heterocycles. The van der Waals surface area contributed by atoms with Crippen molar-refractivity contribution in [2.45, 2.75) is 13.0 Å². The Labute approximate surface area is 115 Å². The predicted octanol–water partition coefficient (Wildman–Crippen LogP) is 3.39. The van der Waals surface area contributed by atoms with Crippen molar-refractivity contribution in [2.75, 3.05) is 5.32 Å². The maximum absolute atomic E-state index is 12.0. The highest BCUT2D eigenvalue weighted by Crippen LogP contribution is 2.29. The largest absolute Gasteiger partial charge is 0.323 e. The maximum Gasteiger partial charge on any atom is 0.248 e. The van der Waals surface area contributed by atoms with Crippen LogP contribution in [0.2, 0.25) is 10.0 Å². The first-order valence-electron chi connectivity index (χ1n) is 5.33. The average Bonchev–Trinajstić information content (AvgIpc) is 2.87. The second-order valence-electron chi connectivity index (χ2n) is 3.75. The number of halogens is 2. The third kappa shape index (κ3) is 2.66. The zero-order valence-corrected chi connectivity index (χ0v) is 11.1. The Kier molecular flexibility index (Phi) is 3.89. The second-order valence-corrected chi connectivity index (χ2v) is 4.54. The van der Waals surface area contributed by atoms with Crippen molar-refractivity contribution in [3.05, 3.63) is 46.7 Å². The molecular formula is C12H11Cl2N3O. The summed E-state index contributed by atoms with van der Waals surface area (Å²) in [5, 5.41) is 7.48. The van der Waals surface area contributed by atoms with E-state index in [1.165, 1.54) is 0 Å². The van der Waals surface area contributed by atoms with E-state index in [0.717, 1.165) is 0 Å². The molecule has 1 heterocycles. The van der Waals surface area contributed by atoms with Gasteiger partial charge in [0.25, 0.3) is 0 Å². The van der Waals surface area contributed by atoms with E-state index in [9.17, 15) is 4.79 Å². The van der Waals surface area contributed by atoms with E-state index >= 15 is 0 Å². The summed E-state index contributed by atoms with van der Waals surface area (Å²) in [4.78, 5) is 12.0. The lowest BCUT2D eigenvalue weighted by atomic mass is 10.2. The molecule has 0 saturated carbocycles. The van der Waals surface area contributed by atoms with Crippen LogP contribution in [0.1, 0.15) is 13.0 Å². The minimum atomic E-state index is -0.421. The van der Waals surface area contributed by atoms with E-state index in [1.54, 1.807) is 48.3 Å². The molecule has 1 atom stereocenters. The lowest BCUT2D eigenvalue weighted by molar-refractivity contribution is -0.119. The highest BCUT2D eigenvalue weighted by Gasteiger charge is 2.16. The molecule has 0 aliphatic rings. The predicted molar refractivity (Wildman–Crippen MR) is 72.0 cm³/mol. The van der Waals surface area contributed by atoms with Crippen LogP contribution in [0.5, 0.6) is 0 Å². The minimum Gasteiger partial charge on any atom is -0.323 e. The van der Waals surface area contributed by atoms with E-state index in [1.807, 2.05) is 0 Å². The topological polar surface area (TPSA) is 46.9 Å². The molecule has 18 heavy (non-hydrogen) atoms. The lowest BCUT2D eigenvalue weighted by Crippen LogP contribution is -2.24. The van der Waals surface area contributed by atoms with Gasteiger partial charge in [-0.05, 0) is 25.1 Å². The number of hydrogen-bond acceptors (Lipinski definition) is 2. The third-order valence-electron chi connectivity index (χ3n) is 2.51. The van der Waals surface area contributed by atoms with Crippen molar-refractivity contribution in [1.29, 1.82) is 0 Å². The molecule has 4 nitrogen and oxygen atoms in total. The first-order chi connectivity index (χ1) is 8.59. The van der Waals surface area contributed by atoms with E-state index in [-0.39, 0.29) is 5.91 Å². The number of nitrogens with one attached hydrogen (secondary N) is 1. The van der Waals surface area contributed by atoms with Crippen LogP contribution >= 0.6 is 23.2 Å². The fraction of sp³-hybridized carbons (Fsp3) is 0.167. The summed E-state index contributed by atoms with van der Waals surface area (Å²) < 4.78 is 1.56. The molecule has 0 spiro atoms. The van der Waals surface area contributed by atoms with E-state index in [0.29, 0.717) is 15.7 Å². The number of aromatic nitrogens is 2. The smallest absolute Gasteiger partial charge is 0.248 e. The monoisotopic (exact) mass is 283 g/mol. The molecule has 1 aromatic carbocycles. The molecule has 1 N–H and O–H groups in total. The normalized spacial score (nSPS) is 12.2. The van der Waals surface area contributed by atoms with Crippen molar-refractivity contribution < 1.29 is 4.79 Å². The number of carbonyl (C=O) groups excluding carboxylic acids is 1. The number of nitrogens with zero attached hydrogens (tertiary/aromatic N) is 2. The average molecular weight is 284 g/mol. The van der Waals surface area contributed by atoms with Crippen molar-refractivity contribution in [3.8, 4) is 0 Å². The Balaban J connectivity index is 2.14. The van der Waals surface area contributed by atoms with Crippen molar-refractivity contribution in [1.82, 2.24) is 9.78 Å². The zero-order chi connectivity index (χ0) is 13.1. The molecule has 1 unspecified atom stereocenters. The molecule has 0 bridgehead atoms. The number of rotatable bonds is 3. The molecule has 0 aliphatic carbocycles. The summed E-state index contributed by atoms with van der Waals surface area (Å²) in [7, 11) is 0. The lowest BCUT2D eigenvalue weighted by Gasteiger charge is -2.13. The molecule has 0 fully saturated rings. The molecule has 1 amide bonds. The molecule has 1 aromatic heterocycles. The summed E-state index contributed by atoms with van der Waals surface area (Å²) in [5.41, 5.74) is 0.494. The van der Waals surface area contributed by atoms with Crippen LogP contribution in [0.4, 0.5) is 5.69 Å². The fourth-order valence-electron chi connectivity index (χ4n) is 1.47. The van der Waals surface area contributed by atoms with Crippen LogP contribution in [-0.2, 0) is 4.79 Å². The summed E-state index contributed by atoms with van der Waals surface area (Å²) in [6, 6.07) is 6.42. The quantitative estimate of drug-likeness (QED) is 0.939. The number of benzene rings is 1. The Morgan fingerprint density at radius 3 is 2.83 bits per heavy atom. The van der Waals surface area contributed by atoms with Gasteiger partial charge in [-0.3, -0.25) is 9.48 Å². The van der Waals surface area contributed by atoms with Gasteiger partial charge in [0, 0.05) is 12.4 Å². The van der Waals surface area contributed by atoms with E-state index in [4.69, 9.17) is 23.2 Å². The van der Waals surface area contributed by atoms with Crippen LogP contribution in [0.25, 0.3) is 0 Å². The van der Waals surface area contributed by atoms with Gasteiger partial charge in [0.15, 0.2) is 0 Å². The number of hydrogen-bond donors (Lipinski definition) is 1. The van der Waals surface area contributed by atoms with Gasteiger partial charge in [-0.25, -0.2) is 0 Å². The van der Waals surface area contributed by atoms with Crippen molar-refractivity contribution in [2.24, 2.45) is 0 Å². The second kappa shape index (κ2) is 5.42. The SMILES string of the molecule is CC(C(=O)Nc1cccc(Cl)c1Cl)n1cccn1. The summed E-state index contributed by atoms with van der Waals surface area (Å²) in [6.45, 7) is 1.75. The van der Waals surface area contributed by atoms with Crippen LogP contribution in [0, 0.1) is 0 Å². The van der Waals surface area contributed by atoms with Crippen LogP contribution < -0.4 is 5.32 Å². The molecule has 2 rings (SSSR count). The zero-order valence-electron chi connectivity index (χ0n) is 9.60. The van der Waals surface area contributed by atoms with Gasteiger partial charge in [-0.2, -0.15) is 5.10 Å². The van der Waals surface area contributed by atoms with Gasteiger partial charge < -0.3 is 5.32 Å². The number of anilines is 1. The number of carbonyl (C=O) groups is 1. The van der Waals surface area contributed by atoms with Gasteiger partial charge in [-0.1, -0.05) is 29.3 Å². The van der Waals surface area contributed by atoms with Crippen molar-refractivity contribution in [3.63, 3.8) is 0 Å². The maximum atomic E-state index is 12.0. The van der Waals surface area contributed by atoms with Crippen LogP contribution in [-0.4, -0.2) is 15.7 Å². The van der Waals surface area contributed by atoms with Gasteiger partial charge in [0.05, 0.1) is 15.7 Å². The van der Waals surface area contributed by atoms with Gasteiger partial charge in [0.1, 0.15) is 6.04 Å². The van der Waals surface area contributed by atoms with Crippen molar-refractivity contribution >= 4 is 34.8 Å². The summed E-state index contributed by atoms with van der Waals surface area (Å²) in [6.07, 6.45) is 3.35. The highest BCUT2D eigenvalue weighted by atomic mass is 35.5. The molecule has 6 heteroatoms. The minimum absolute atomic E-state index is 0.206. The van der Waals surface area contributed by atoms with Gasteiger partial charge in [-0.15, -0.1) is 0 Å². The third-order valence-corrected chi connectivity index (χ3v) is 3.33. The van der Waals surface area contributed by atoms with Crippen LogP contribution in [0.15, 0.2) is 36.7 Å². The fourth-order valence-corrected chi connectivity index (χ4v) is 1.82. The van der Waals surface area contributed by atoms with Crippen LogP contribution in [0.3, 0.4) is 0 Å². The Hall–Kier alpha value is -1.52. The molecule has 0 radical (unpaired) electrons. The number of amides is 1. The molecule has 0 aliphatic heterocycles. The standard InChI is InChI=1S/C12H11Cl2N3O/c1-8(17-7-3-6-15-17)12(18)16-10-5-2-4-9(13)11(10)14/h2-8H,1H3,(H,16,18). The Morgan fingerprint density at radius 2 is 2.17 bits per heavy atom. The molecule has 94 valence electrons. The Bertz CT molecular complexity index is 554. The first-order valence-corrected chi connectivity index (χ1v) is 6.09. The van der Waals surface area contributed by atoms with Gasteiger partial charge in [0.2, 0.25) is 5.91 Å². The summed E-state index contributed by atoms with van der Waals surface area (Å²) >= 11 is 11.9. The molecule has 2 aromatic rings. The van der Waals surface area contributed by atoms with E-state index < -0.39 is 6.04 Å². The summed E-state index contributed by atoms with van der Waals surface area (Å²) in [5.74, 6) is -0.206. The Morgan fingerprint density at radius 1 is 1.39 bits per heavy atom. The van der Waals surface area contributed by atoms with E-state index in [2.05, 4.69) is 10.4 Å². The highest BCUT2D eigenvalue weighted by molar-refractivity contribution is 6.44. The first kappa shape index (κ1) is 12.9. The molecular weight excluding hydrogens is 273 g/mol.